The number of aliphatic hydroxyl groups excluding tert-OH is 1. The molecule has 1 rings (SSSR count). The van der Waals surface area contributed by atoms with Gasteiger partial charge in [0.25, 0.3) is 0 Å². The van der Waals surface area contributed by atoms with Gasteiger partial charge in [-0.15, -0.1) is 0 Å². The number of hydrogen-bond acceptors (Lipinski definition) is 4. The van der Waals surface area contributed by atoms with Gasteiger partial charge in [-0.3, -0.25) is 0 Å². The molecule has 0 aliphatic heterocycles. The fourth-order valence-corrected chi connectivity index (χ4v) is 1.23. The van der Waals surface area contributed by atoms with Gasteiger partial charge in [-0.2, -0.15) is 0 Å². The van der Waals surface area contributed by atoms with Gasteiger partial charge in [-0.25, -0.2) is 9.97 Å². The third kappa shape index (κ3) is 2.42. The summed E-state index contributed by atoms with van der Waals surface area (Å²) in [7, 11) is 1.92. The zero-order chi connectivity index (χ0) is 10.7. The topological polar surface area (TPSA) is 49.2 Å². The van der Waals surface area contributed by atoms with Crippen LogP contribution in [0.2, 0.25) is 0 Å². The molecule has 14 heavy (non-hydrogen) atoms. The molecule has 0 aliphatic rings. The van der Waals surface area contributed by atoms with Gasteiger partial charge in [0, 0.05) is 18.8 Å². The third-order valence-electron chi connectivity index (χ3n) is 2.24. The zero-order valence-corrected chi connectivity index (χ0v) is 9.15. The van der Waals surface area contributed by atoms with E-state index in [9.17, 15) is 0 Å². The molecular formula is C10H17N3O. The maximum absolute atomic E-state index is 9.02. The molecule has 1 N–H and O–H groups in total. The lowest BCUT2D eigenvalue weighted by Crippen LogP contribution is -2.32. The van der Waals surface area contributed by atoms with E-state index in [0.717, 1.165) is 17.3 Å². The van der Waals surface area contributed by atoms with Gasteiger partial charge in [-0.05, 0) is 20.8 Å². The first-order valence-electron chi connectivity index (χ1n) is 4.70. The highest BCUT2D eigenvalue weighted by atomic mass is 16.3. The predicted molar refractivity (Wildman–Crippen MR) is 56.5 cm³/mol. The lowest BCUT2D eigenvalue weighted by atomic mass is 10.3. The third-order valence-corrected chi connectivity index (χ3v) is 2.24. The van der Waals surface area contributed by atoms with Crippen LogP contribution in [0.15, 0.2) is 6.07 Å². The van der Waals surface area contributed by atoms with E-state index >= 15 is 0 Å². The van der Waals surface area contributed by atoms with Crippen LogP contribution in [-0.2, 0) is 0 Å². The Kier molecular flexibility index (Phi) is 3.41. The van der Waals surface area contributed by atoms with Gasteiger partial charge < -0.3 is 10.0 Å². The first kappa shape index (κ1) is 10.9. The Morgan fingerprint density at radius 1 is 1.43 bits per heavy atom. The lowest BCUT2D eigenvalue weighted by Gasteiger charge is -2.24. The first-order valence-corrected chi connectivity index (χ1v) is 4.70. The average Bonchev–Trinajstić information content (AvgIpc) is 2.14. The predicted octanol–water partition coefficient (Wildman–Crippen LogP) is 0.910. The summed E-state index contributed by atoms with van der Waals surface area (Å²) < 4.78 is 0. The summed E-state index contributed by atoms with van der Waals surface area (Å²) in [4.78, 5) is 10.5. The summed E-state index contributed by atoms with van der Waals surface area (Å²) in [5.41, 5.74) is 0.949. The van der Waals surface area contributed by atoms with Crippen molar-refractivity contribution in [2.24, 2.45) is 0 Å². The van der Waals surface area contributed by atoms with Gasteiger partial charge in [0.05, 0.1) is 12.6 Å². The Balaban J connectivity index is 2.94. The summed E-state index contributed by atoms with van der Waals surface area (Å²) >= 11 is 0. The molecule has 1 unspecified atom stereocenters. The number of hydrogen-bond donors (Lipinski definition) is 1. The van der Waals surface area contributed by atoms with Gasteiger partial charge in [-0.1, -0.05) is 0 Å². The van der Waals surface area contributed by atoms with Crippen molar-refractivity contribution in [3.63, 3.8) is 0 Å². The van der Waals surface area contributed by atoms with E-state index < -0.39 is 0 Å². The molecule has 1 aromatic heterocycles. The Labute approximate surface area is 84.6 Å². The summed E-state index contributed by atoms with van der Waals surface area (Å²) in [5, 5.41) is 9.02. The average molecular weight is 195 g/mol. The van der Waals surface area contributed by atoms with Crippen LogP contribution in [0.5, 0.6) is 0 Å². The Morgan fingerprint density at radius 3 is 2.57 bits per heavy atom. The molecule has 0 spiro atoms. The maximum Gasteiger partial charge on any atom is 0.132 e. The molecule has 0 bridgehead atoms. The van der Waals surface area contributed by atoms with E-state index in [1.165, 1.54) is 0 Å². The van der Waals surface area contributed by atoms with Gasteiger partial charge >= 0.3 is 0 Å². The summed E-state index contributed by atoms with van der Waals surface area (Å²) in [6.45, 7) is 5.88. The molecule has 4 nitrogen and oxygen atoms in total. The van der Waals surface area contributed by atoms with Crippen LogP contribution >= 0.6 is 0 Å². The number of aliphatic hydroxyl groups is 1. The highest BCUT2D eigenvalue weighted by Crippen LogP contribution is 2.12. The standard InChI is InChI=1S/C10H17N3O/c1-7-5-10(12-9(3)11-7)13(4)8(2)6-14/h5,8,14H,6H2,1-4H3. The van der Waals surface area contributed by atoms with Gasteiger partial charge in [0.15, 0.2) is 0 Å². The SMILES string of the molecule is Cc1cc(N(C)C(C)CO)nc(C)n1. The number of rotatable bonds is 3. The molecule has 0 saturated carbocycles. The van der Waals surface area contributed by atoms with Crippen molar-refractivity contribution in [1.29, 1.82) is 0 Å². The van der Waals surface area contributed by atoms with E-state index in [0.29, 0.717) is 0 Å². The van der Waals surface area contributed by atoms with Crippen molar-refractivity contribution in [2.75, 3.05) is 18.6 Å². The molecule has 1 heterocycles. The van der Waals surface area contributed by atoms with Crippen LogP contribution < -0.4 is 4.90 Å². The van der Waals surface area contributed by atoms with Crippen molar-refractivity contribution in [1.82, 2.24) is 9.97 Å². The fraction of sp³-hybridized carbons (Fsp3) is 0.600. The molecule has 0 saturated heterocycles. The molecule has 0 aromatic carbocycles. The molecule has 1 atom stereocenters. The van der Waals surface area contributed by atoms with E-state index in [4.69, 9.17) is 5.11 Å². The van der Waals surface area contributed by atoms with Crippen LogP contribution in [-0.4, -0.2) is 34.8 Å². The Morgan fingerprint density at radius 2 is 2.07 bits per heavy atom. The van der Waals surface area contributed by atoms with Gasteiger partial charge in [0.2, 0.25) is 0 Å². The van der Waals surface area contributed by atoms with Crippen LogP contribution in [0.3, 0.4) is 0 Å². The van der Waals surface area contributed by atoms with Crippen molar-refractivity contribution < 1.29 is 5.11 Å². The second kappa shape index (κ2) is 4.37. The zero-order valence-electron chi connectivity index (χ0n) is 9.15. The molecule has 0 amide bonds. The maximum atomic E-state index is 9.02. The number of aromatic nitrogens is 2. The molecule has 0 aliphatic carbocycles. The van der Waals surface area contributed by atoms with Crippen LogP contribution in [0.25, 0.3) is 0 Å². The first-order chi connectivity index (χ1) is 6.54. The number of nitrogens with zero attached hydrogens (tertiary/aromatic N) is 3. The fourth-order valence-electron chi connectivity index (χ4n) is 1.23. The molecule has 78 valence electrons. The minimum absolute atomic E-state index is 0.0729. The van der Waals surface area contributed by atoms with Crippen molar-refractivity contribution in [2.45, 2.75) is 26.8 Å². The largest absolute Gasteiger partial charge is 0.394 e. The summed E-state index contributed by atoms with van der Waals surface area (Å²) in [6, 6.07) is 1.99. The van der Waals surface area contributed by atoms with E-state index in [-0.39, 0.29) is 12.6 Å². The molecule has 4 heteroatoms. The van der Waals surface area contributed by atoms with E-state index in [1.54, 1.807) is 0 Å². The number of likely N-dealkylation sites (N-methyl/N-ethyl adjacent to an activating group) is 1. The highest BCUT2D eigenvalue weighted by molar-refractivity contribution is 5.39. The number of anilines is 1. The Bertz CT molecular complexity index is 294. The molecule has 0 radical (unpaired) electrons. The second-order valence-electron chi connectivity index (χ2n) is 3.56. The van der Waals surface area contributed by atoms with Crippen molar-refractivity contribution >= 4 is 5.82 Å². The summed E-state index contributed by atoms with van der Waals surface area (Å²) in [5.74, 6) is 1.62. The van der Waals surface area contributed by atoms with Gasteiger partial charge in [0.1, 0.15) is 11.6 Å². The van der Waals surface area contributed by atoms with E-state index in [2.05, 4.69) is 9.97 Å². The monoisotopic (exact) mass is 195 g/mol. The van der Waals surface area contributed by atoms with Crippen LogP contribution in [0, 0.1) is 13.8 Å². The smallest absolute Gasteiger partial charge is 0.132 e. The molecular weight excluding hydrogens is 178 g/mol. The van der Waals surface area contributed by atoms with Crippen molar-refractivity contribution in [3.05, 3.63) is 17.6 Å². The van der Waals surface area contributed by atoms with E-state index in [1.807, 2.05) is 38.8 Å². The quantitative estimate of drug-likeness (QED) is 0.779. The molecule has 0 fully saturated rings. The highest BCUT2D eigenvalue weighted by Gasteiger charge is 2.10. The minimum atomic E-state index is 0.0729. The summed E-state index contributed by atoms with van der Waals surface area (Å²) in [6.07, 6.45) is 0. The van der Waals surface area contributed by atoms with Crippen LogP contribution in [0.1, 0.15) is 18.4 Å². The Hall–Kier alpha value is -1.16. The van der Waals surface area contributed by atoms with Crippen LogP contribution in [0.4, 0.5) is 5.82 Å². The number of aryl methyl sites for hydroxylation is 2. The second-order valence-corrected chi connectivity index (χ2v) is 3.56. The normalized spacial score (nSPS) is 12.6. The lowest BCUT2D eigenvalue weighted by molar-refractivity contribution is 0.269. The minimum Gasteiger partial charge on any atom is -0.394 e. The molecule has 1 aromatic rings. The van der Waals surface area contributed by atoms with Crippen molar-refractivity contribution in [3.8, 4) is 0 Å².